The second-order valence-corrected chi connectivity index (χ2v) is 17.6. The Morgan fingerprint density at radius 1 is 0.417 bits per heavy atom. The number of rotatable bonds is 25. The Bertz CT molecular complexity index is 1970. The number of aliphatic hydroxyl groups excluding tert-OH is 2. The molecule has 0 aliphatic rings. The van der Waals surface area contributed by atoms with Gasteiger partial charge in [-0.3, -0.25) is 0 Å². The van der Waals surface area contributed by atoms with E-state index in [9.17, 15) is 0 Å². The average Bonchev–Trinajstić information content (AvgIpc) is 3.29. The van der Waals surface area contributed by atoms with Gasteiger partial charge >= 0.3 is 0 Å². The molecule has 0 saturated heterocycles. The van der Waals surface area contributed by atoms with Gasteiger partial charge in [-0.2, -0.15) is 0 Å². The van der Waals surface area contributed by atoms with E-state index < -0.39 is 0 Å². The summed E-state index contributed by atoms with van der Waals surface area (Å²) in [6, 6.07) is 47.7. The molecule has 0 aliphatic heterocycles. The number of aromatic nitrogens is 2. The van der Waals surface area contributed by atoms with Crippen LogP contribution >= 0.6 is 21.6 Å². The van der Waals surface area contributed by atoms with Crippen LogP contribution in [0.5, 0.6) is 0 Å². The Labute approximate surface area is 366 Å². The number of benzene rings is 4. The molecule has 4 aromatic carbocycles. The van der Waals surface area contributed by atoms with Gasteiger partial charge in [-0.25, -0.2) is 9.13 Å². The molecule has 2 aromatic heterocycles. The largest absolute Gasteiger partial charge is 0.390 e. The SMILES string of the molecule is OCC[n+]1ccc(/C=C/c2ccc(N(CCCCSSCCCCN(Cc3ccccc3)c3ccc(/C=C/c4cc[n+](CCO)cc4)cc3)Cc3ccccc3)cc2)cc1. The maximum atomic E-state index is 9.17. The summed E-state index contributed by atoms with van der Waals surface area (Å²) in [7, 11) is 4.05. The van der Waals surface area contributed by atoms with Gasteiger partial charge < -0.3 is 20.0 Å². The van der Waals surface area contributed by atoms with E-state index >= 15 is 0 Å². The van der Waals surface area contributed by atoms with Crippen molar-refractivity contribution in [2.75, 3.05) is 47.6 Å². The third kappa shape index (κ3) is 15.5. The fourth-order valence-corrected chi connectivity index (χ4v) is 9.21. The van der Waals surface area contributed by atoms with Crippen molar-refractivity contribution in [2.24, 2.45) is 0 Å². The molecule has 0 fully saturated rings. The number of anilines is 2. The summed E-state index contributed by atoms with van der Waals surface area (Å²) in [6.07, 6.45) is 21.3. The third-order valence-corrected chi connectivity index (χ3v) is 12.9. The molecule has 0 aliphatic carbocycles. The third-order valence-electron chi connectivity index (χ3n) is 10.3. The lowest BCUT2D eigenvalue weighted by atomic mass is 10.1. The average molecular weight is 837 g/mol. The fraction of sp³-hybridized carbons (Fsp3) is 0.269. The van der Waals surface area contributed by atoms with Crippen molar-refractivity contribution in [1.29, 1.82) is 0 Å². The van der Waals surface area contributed by atoms with Crippen molar-refractivity contribution in [3.63, 3.8) is 0 Å². The zero-order valence-electron chi connectivity index (χ0n) is 34.7. The van der Waals surface area contributed by atoms with E-state index in [0.717, 1.165) is 50.1 Å². The van der Waals surface area contributed by atoms with Gasteiger partial charge in [0, 0.05) is 73.3 Å². The molecule has 0 atom stereocenters. The Balaban J connectivity index is 0.924. The van der Waals surface area contributed by atoms with E-state index in [4.69, 9.17) is 10.2 Å². The molecule has 6 nitrogen and oxygen atoms in total. The molecule has 0 amide bonds. The van der Waals surface area contributed by atoms with Gasteiger partial charge in [-0.05, 0) is 83.3 Å². The van der Waals surface area contributed by atoms with E-state index in [0.29, 0.717) is 13.1 Å². The highest BCUT2D eigenvalue weighted by Gasteiger charge is 2.10. The summed E-state index contributed by atoms with van der Waals surface area (Å²) < 4.78 is 3.97. The Hall–Kier alpha value is -5.12. The van der Waals surface area contributed by atoms with Crippen LogP contribution < -0.4 is 18.9 Å². The molecule has 0 unspecified atom stereocenters. The van der Waals surface area contributed by atoms with Gasteiger partial charge in [0.1, 0.15) is 13.2 Å². The Morgan fingerprint density at radius 2 is 0.767 bits per heavy atom. The van der Waals surface area contributed by atoms with Crippen LogP contribution in [0.15, 0.2) is 158 Å². The van der Waals surface area contributed by atoms with Crippen LogP contribution in [0.2, 0.25) is 0 Å². The molecule has 0 bridgehead atoms. The lowest BCUT2D eigenvalue weighted by Crippen LogP contribution is -2.34. The molecule has 8 heteroatoms. The molecule has 2 heterocycles. The van der Waals surface area contributed by atoms with Crippen molar-refractivity contribution in [2.45, 2.75) is 51.9 Å². The van der Waals surface area contributed by atoms with Crippen molar-refractivity contribution in [3.05, 3.63) is 192 Å². The monoisotopic (exact) mass is 836 g/mol. The minimum atomic E-state index is 0.144. The molecule has 0 radical (unpaired) electrons. The van der Waals surface area contributed by atoms with Gasteiger partial charge in [-0.15, -0.1) is 0 Å². The van der Waals surface area contributed by atoms with Gasteiger partial charge in [0.25, 0.3) is 0 Å². The first kappa shape index (κ1) is 44.4. The minimum absolute atomic E-state index is 0.144. The van der Waals surface area contributed by atoms with Crippen LogP contribution in [-0.2, 0) is 26.2 Å². The van der Waals surface area contributed by atoms with Crippen LogP contribution in [-0.4, -0.2) is 48.0 Å². The maximum Gasteiger partial charge on any atom is 0.171 e. The van der Waals surface area contributed by atoms with Crippen LogP contribution in [0.1, 0.15) is 59.1 Å². The Kier molecular flexibility index (Phi) is 18.9. The van der Waals surface area contributed by atoms with Crippen LogP contribution in [0.25, 0.3) is 24.3 Å². The second-order valence-electron chi connectivity index (χ2n) is 14.9. The van der Waals surface area contributed by atoms with Crippen molar-refractivity contribution >= 4 is 57.3 Å². The number of hydrogen-bond acceptors (Lipinski definition) is 6. The van der Waals surface area contributed by atoms with Crippen LogP contribution in [0, 0.1) is 0 Å². The highest BCUT2D eigenvalue weighted by molar-refractivity contribution is 8.76. The topological polar surface area (TPSA) is 54.7 Å². The first-order chi connectivity index (χ1) is 29.6. The molecule has 310 valence electrons. The zero-order chi connectivity index (χ0) is 41.5. The summed E-state index contributed by atoms with van der Waals surface area (Å²) in [5.74, 6) is 2.34. The highest BCUT2D eigenvalue weighted by Crippen LogP contribution is 2.26. The number of nitrogens with zero attached hydrogens (tertiary/aromatic N) is 4. The van der Waals surface area contributed by atoms with Gasteiger partial charge in [0.15, 0.2) is 37.9 Å². The first-order valence-electron chi connectivity index (χ1n) is 21.2. The molecule has 0 saturated carbocycles. The standard InChI is InChI=1S/C52H60N4O2S2/c57-39-37-53-33-27-47(28-34-53)17-15-45-19-23-51(24-20-45)55(43-49-11-3-1-4-12-49)31-7-9-41-59-60-42-10-8-32-56(44-50-13-5-2-6-14-50)52-25-21-46(22-26-52)16-18-48-29-35-54(36-30-48)38-40-58/h1-6,11-30,33-36,57-58H,7-10,31-32,37-44H2/q+2. The Morgan fingerprint density at radius 3 is 1.12 bits per heavy atom. The number of aliphatic hydroxyl groups is 2. The minimum Gasteiger partial charge on any atom is -0.390 e. The van der Waals surface area contributed by atoms with E-state index in [2.05, 4.69) is 168 Å². The zero-order valence-corrected chi connectivity index (χ0v) is 36.4. The fourth-order valence-electron chi connectivity index (χ4n) is 6.92. The quantitative estimate of drug-likeness (QED) is 0.0340. The second kappa shape index (κ2) is 25.5. The lowest BCUT2D eigenvalue weighted by molar-refractivity contribution is -0.698. The smallest absolute Gasteiger partial charge is 0.171 e. The summed E-state index contributed by atoms with van der Waals surface area (Å²) in [5.41, 5.74) is 9.82. The molecule has 6 aromatic rings. The molecular formula is C52H60N4O2S2+2. The number of pyridine rings is 2. The first-order valence-corrected chi connectivity index (χ1v) is 23.7. The maximum absolute atomic E-state index is 9.17. The van der Waals surface area contributed by atoms with E-state index in [1.54, 1.807) is 0 Å². The van der Waals surface area contributed by atoms with E-state index in [1.165, 1.54) is 58.0 Å². The molecular weight excluding hydrogens is 777 g/mol. The lowest BCUT2D eigenvalue weighted by Gasteiger charge is -2.25. The van der Waals surface area contributed by atoms with Gasteiger partial charge in [0.05, 0.1) is 0 Å². The van der Waals surface area contributed by atoms with E-state index in [1.807, 2.05) is 55.5 Å². The van der Waals surface area contributed by atoms with Crippen molar-refractivity contribution < 1.29 is 19.3 Å². The van der Waals surface area contributed by atoms with Crippen molar-refractivity contribution in [1.82, 2.24) is 0 Å². The summed E-state index contributed by atoms with van der Waals surface area (Å²) >= 11 is 0. The predicted octanol–water partition coefficient (Wildman–Crippen LogP) is 10.2. The van der Waals surface area contributed by atoms with Gasteiger partial charge in [0.2, 0.25) is 0 Å². The van der Waals surface area contributed by atoms with Gasteiger partial charge in [-0.1, -0.05) is 131 Å². The van der Waals surface area contributed by atoms with E-state index in [-0.39, 0.29) is 13.2 Å². The molecule has 6 rings (SSSR count). The summed E-state index contributed by atoms with van der Waals surface area (Å²) in [6.45, 7) is 5.37. The predicted molar refractivity (Wildman–Crippen MR) is 257 cm³/mol. The molecule has 60 heavy (non-hydrogen) atoms. The summed E-state index contributed by atoms with van der Waals surface area (Å²) in [5, 5.41) is 18.3. The molecule has 2 N–H and O–H groups in total. The normalized spacial score (nSPS) is 11.4. The van der Waals surface area contributed by atoms with Crippen LogP contribution in [0.4, 0.5) is 11.4 Å². The summed E-state index contributed by atoms with van der Waals surface area (Å²) in [4.78, 5) is 5.03. The number of unbranched alkanes of at least 4 members (excludes halogenated alkanes) is 2. The van der Waals surface area contributed by atoms with Crippen molar-refractivity contribution in [3.8, 4) is 0 Å². The number of hydrogen-bond donors (Lipinski definition) is 2. The van der Waals surface area contributed by atoms with Crippen LogP contribution in [0.3, 0.4) is 0 Å². The highest BCUT2D eigenvalue weighted by atomic mass is 33.1. The molecule has 0 spiro atoms.